The van der Waals surface area contributed by atoms with E-state index in [2.05, 4.69) is 41.6 Å². The maximum Gasteiger partial charge on any atom is 0.191 e. The Labute approximate surface area is 148 Å². The number of aryl methyl sites for hydroxylation is 1. The molecule has 5 nitrogen and oxygen atoms in total. The van der Waals surface area contributed by atoms with Crippen LogP contribution in [-0.2, 0) is 16.3 Å². The molecular weight excluding hydrogens is 421 g/mol. The van der Waals surface area contributed by atoms with Gasteiger partial charge in [-0.25, -0.2) is 8.42 Å². The van der Waals surface area contributed by atoms with Gasteiger partial charge in [0, 0.05) is 42.1 Å². The molecule has 1 unspecified atom stereocenters. The Balaban J connectivity index is 0.00000400. The second-order valence-corrected chi connectivity index (χ2v) is 8.52. The lowest BCUT2D eigenvalue weighted by Gasteiger charge is -2.17. The fraction of sp³-hybridized carbons (Fsp3) is 0.615. The number of rotatable bonds is 6. The van der Waals surface area contributed by atoms with E-state index in [1.54, 1.807) is 18.4 Å². The highest BCUT2D eigenvalue weighted by Crippen LogP contribution is 2.16. The van der Waals surface area contributed by atoms with Crippen molar-refractivity contribution in [1.82, 2.24) is 10.6 Å². The third-order valence-corrected chi connectivity index (χ3v) is 4.64. The molecule has 0 radical (unpaired) electrons. The van der Waals surface area contributed by atoms with Gasteiger partial charge in [0.2, 0.25) is 0 Å². The predicted octanol–water partition coefficient (Wildman–Crippen LogP) is 1.82. The van der Waals surface area contributed by atoms with E-state index in [9.17, 15) is 8.42 Å². The van der Waals surface area contributed by atoms with Crippen LogP contribution in [0.2, 0.25) is 0 Å². The number of aliphatic imine (C=N–C) groups is 1. The van der Waals surface area contributed by atoms with Gasteiger partial charge in [-0.05, 0) is 26.0 Å². The lowest BCUT2D eigenvalue weighted by molar-refractivity contribution is 0.599. The van der Waals surface area contributed by atoms with Crippen LogP contribution in [0.3, 0.4) is 0 Å². The Morgan fingerprint density at radius 2 is 2.10 bits per heavy atom. The van der Waals surface area contributed by atoms with Crippen molar-refractivity contribution in [3.05, 3.63) is 21.9 Å². The van der Waals surface area contributed by atoms with Gasteiger partial charge >= 0.3 is 0 Å². The molecule has 0 spiro atoms. The van der Waals surface area contributed by atoms with Crippen molar-refractivity contribution in [3.63, 3.8) is 0 Å². The summed E-state index contributed by atoms with van der Waals surface area (Å²) in [6.45, 7) is 4.54. The summed E-state index contributed by atoms with van der Waals surface area (Å²) in [6.07, 6.45) is 2.15. The third kappa shape index (κ3) is 9.30. The molecule has 0 bridgehead atoms. The first-order valence-corrected chi connectivity index (χ1v) is 9.38. The van der Waals surface area contributed by atoms with Crippen LogP contribution >= 0.6 is 35.3 Å². The smallest absolute Gasteiger partial charge is 0.191 e. The van der Waals surface area contributed by atoms with Gasteiger partial charge in [0.05, 0.1) is 5.75 Å². The fourth-order valence-corrected chi connectivity index (χ4v) is 3.22. The van der Waals surface area contributed by atoms with Crippen LogP contribution in [0.15, 0.2) is 17.1 Å². The molecule has 8 heteroatoms. The molecule has 1 aromatic heterocycles. The van der Waals surface area contributed by atoms with Gasteiger partial charge in [0.15, 0.2) is 5.96 Å². The zero-order chi connectivity index (χ0) is 15.2. The number of nitrogens with one attached hydrogen (secondary N) is 2. The zero-order valence-electron chi connectivity index (χ0n) is 12.8. The monoisotopic (exact) mass is 445 g/mol. The minimum Gasteiger partial charge on any atom is -0.355 e. The highest BCUT2D eigenvalue weighted by Gasteiger charge is 2.08. The maximum absolute atomic E-state index is 11.1. The number of nitrogens with zero attached hydrogens (tertiary/aromatic N) is 1. The molecule has 0 aliphatic rings. The maximum atomic E-state index is 11.1. The first-order chi connectivity index (χ1) is 9.30. The number of hydrogen-bond donors (Lipinski definition) is 2. The van der Waals surface area contributed by atoms with Gasteiger partial charge in [-0.2, -0.15) is 0 Å². The van der Waals surface area contributed by atoms with Crippen molar-refractivity contribution in [2.45, 2.75) is 26.3 Å². The van der Waals surface area contributed by atoms with Gasteiger partial charge in [0.1, 0.15) is 9.84 Å². The summed E-state index contributed by atoms with van der Waals surface area (Å²) < 4.78 is 22.1. The first kappa shape index (κ1) is 20.6. The number of halogens is 1. The zero-order valence-corrected chi connectivity index (χ0v) is 16.8. The molecule has 0 amide bonds. The number of sulfone groups is 1. The fourth-order valence-electron chi connectivity index (χ4n) is 1.73. The third-order valence-electron chi connectivity index (χ3n) is 2.68. The SMILES string of the molecule is CN=C(NCCS(C)(=O)=O)NC(C)Cc1ccc(C)s1.I. The molecule has 21 heavy (non-hydrogen) atoms. The van der Waals surface area contributed by atoms with E-state index in [0.29, 0.717) is 12.5 Å². The second-order valence-electron chi connectivity index (χ2n) is 4.89. The van der Waals surface area contributed by atoms with Crippen LogP contribution in [0, 0.1) is 6.92 Å². The number of thiophene rings is 1. The van der Waals surface area contributed by atoms with E-state index in [0.717, 1.165) is 6.42 Å². The molecule has 0 aliphatic carbocycles. The summed E-state index contributed by atoms with van der Waals surface area (Å²) in [5.74, 6) is 0.737. The van der Waals surface area contributed by atoms with Crippen molar-refractivity contribution in [1.29, 1.82) is 0 Å². The van der Waals surface area contributed by atoms with Crippen LogP contribution in [0.1, 0.15) is 16.7 Å². The van der Waals surface area contributed by atoms with Crippen LogP contribution in [0.25, 0.3) is 0 Å². The molecule has 1 rings (SSSR count). The number of hydrogen-bond acceptors (Lipinski definition) is 4. The summed E-state index contributed by atoms with van der Waals surface area (Å²) in [5.41, 5.74) is 0. The highest BCUT2D eigenvalue weighted by molar-refractivity contribution is 14.0. The van der Waals surface area contributed by atoms with Crippen LogP contribution in [-0.4, -0.2) is 46.0 Å². The Bertz CT molecular complexity index is 556. The summed E-state index contributed by atoms with van der Waals surface area (Å²) in [6, 6.07) is 4.49. The Hall–Kier alpha value is -0.350. The standard InChI is InChI=1S/C13H23N3O2S2.HI/c1-10(9-12-6-5-11(2)19-12)16-13(14-3)15-7-8-20(4,17)18;/h5-6,10H,7-9H2,1-4H3,(H2,14,15,16);1H. The molecule has 0 saturated heterocycles. The van der Waals surface area contributed by atoms with Crippen molar-refractivity contribution < 1.29 is 8.42 Å². The van der Waals surface area contributed by atoms with Crippen molar-refractivity contribution >= 4 is 51.1 Å². The highest BCUT2D eigenvalue weighted by atomic mass is 127. The lowest BCUT2D eigenvalue weighted by atomic mass is 10.2. The molecule has 1 heterocycles. The summed E-state index contributed by atoms with van der Waals surface area (Å²) in [5, 5.41) is 6.27. The number of guanidine groups is 1. The van der Waals surface area contributed by atoms with Gasteiger partial charge in [-0.1, -0.05) is 0 Å². The van der Waals surface area contributed by atoms with Gasteiger partial charge in [0.25, 0.3) is 0 Å². The minimum absolute atomic E-state index is 0. The van der Waals surface area contributed by atoms with Crippen LogP contribution in [0.4, 0.5) is 0 Å². The van der Waals surface area contributed by atoms with Crippen LogP contribution < -0.4 is 10.6 Å². The largest absolute Gasteiger partial charge is 0.355 e. The summed E-state index contributed by atoms with van der Waals surface area (Å²) >= 11 is 1.79. The van der Waals surface area contributed by atoms with Gasteiger partial charge in [-0.3, -0.25) is 4.99 Å². The first-order valence-electron chi connectivity index (χ1n) is 6.50. The quantitative estimate of drug-likeness (QED) is 0.398. The molecule has 1 aromatic rings. The minimum atomic E-state index is -2.95. The van der Waals surface area contributed by atoms with Crippen molar-refractivity contribution in [3.8, 4) is 0 Å². The van der Waals surface area contributed by atoms with E-state index in [4.69, 9.17) is 0 Å². The lowest BCUT2D eigenvalue weighted by Crippen LogP contribution is -2.44. The Kier molecular flexibility index (Phi) is 9.46. The van der Waals surface area contributed by atoms with Crippen LogP contribution in [0.5, 0.6) is 0 Å². The van der Waals surface area contributed by atoms with E-state index >= 15 is 0 Å². The van der Waals surface area contributed by atoms with Gasteiger partial charge < -0.3 is 10.6 Å². The Morgan fingerprint density at radius 3 is 2.57 bits per heavy atom. The van der Waals surface area contributed by atoms with E-state index in [1.807, 2.05) is 0 Å². The van der Waals surface area contributed by atoms with E-state index in [-0.39, 0.29) is 35.8 Å². The average molecular weight is 445 g/mol. The second kappa shape index (κ2) is 9.62. The normalized spacial score (nSPS) is 13.4. The summed E-state index contributed by atoms with van der Waals surface area (Å²) in [4.78, 5) is 6.73. The van der Waals surface area contributed by atoms with E-state index < -0.39 is 9.84 Å². The average Bonchev–Trinajstić information content (AvgIpc) is 2.71. The molecule has 0 aromatic carbocycles. The van der Waals surface area contributed by atoms with Gasteiger partial charge in [-0.15, -0.1) is 35.3 Å². The molecule has 0 saturated carbocycles. The molecule has 2 N–H and O–H groups in total. The molecule has 0 aliphatic heterocycles. The Morgan fingerprint density at radius 1 is 1.43 bits per heavy atom. The molecule has 0 fully saturated rings. The topological polar surface area (TPSA) is 70.6 Å². The van der Waals surface area contributed by atoms with E-state index in [1.165, 1.54) is 16.0 Å². The molecular formula is C13H24IN3O2S2. The predicted molar refractivity (Wildman–Crippen MR) is 102 cm³/mol. The summed E-state index contributed by atoms with van der Waals surface area (Å²) in [7, 11) is -1.27. The molecule has 1 atom stereocenters. The molecule has 122 valence electrons. The van der Waals surface area contributed by atoms with Crippen molar-refractivity contribution in [2.24, 2.45) is 4.99 Å². The van der Waals surface area contributed by atoms with Crippen molar-refractivity contribution in [2.75, 3.05) is 25.6 Å².